The minimum atomic E-state index is 0.0513. The van der Waals surface area contributed by atoms with E-state index in [4.69, 9.17) is 4.74 Å². The molecule has 0 radical (unpaired) electrons. The van der Waals surface area contributed by atoms with Gasteiger partial charge in [-0.05, 0) is 57.8 Å². The number of methoxy groups -OCH3 is 1. The highest BCUT2D eigenvalue weighted by Gasteiger charge is 2.30. The van der Waals surface area contributed by atoms with E-state index in [0.717, 1.165) is 76.4 Å². The number of rotatable bonds is 9. The molecule has 1 unspecified atom stereocenters. The van der Waals surface area contributed by atoms with Crippen LogP contribution < -0.4 is 4.73 Å². The van der Waals surface area contributed by atoms with E-state index in [-0.39, 0.29) is 5.91 Å². The number of carbonyl (C=O) groups is 1. The van der Waals surface area contributed by atoms with Crippen molar-refractivity contribution in [3.8, 4) is 0 Å². The first-order valence-electron chi connectivity index (χ1n) is 11.0. The lowest BCUT2D eigenvalue weighted by Crippen LogP contribution is -2.46. The van der Waals surface area contributed by atoms with E-state index >= 15 is 0 Å². The minimum absolute atomic E-state index is 0.0513. The zero-order valence-corrected chi connectivity index (χ0v) is 18.0. The van der Waals surface area contributed by atoms with E-state index in [1.165, 1.54) is 18.8 Å². The van der Waals surface area contributed by atoms with Crippen molar-refractivity contribution in [2.75, 3.05) is 59.5 Å². The van der Waals surface area contributed by atoms with E-state index in [0.29, 0.717) is 17.5 Å². The zero-order valence-electron chi connectivity index (χ0n) is 18.0. The Morgan fingerprint density at radius 3 is 2.59 bits per heavy atom. The van der Waals surface area contributed by atoms with Gasteiger partial charge in [-0.2, -0.15) is 4.73 Å². The molecule has 1 amide bonds. The molecule has 2 aliphatic rings. The molecule has 29 heavy (non-hydrogen) atoms. The van der Waals surface area contributed by atoms with Gasteiger partial charge < -0.3 is 19.7 Å². The van der Waals surface area contributed by atoms with Gasteiger partial charge in [-0.3, -0.25) is 9.69 Å². The van der Waals surface area contributed by atoms with Gasteiger partial charge >= 0.3 is 0 Å². The third kappa shape index (κ3) is 6.14. The van der Waals surface area contributed by atoms with Crippen molar-refractivity contribution in [1.29, 1.82) is 0 Å². The van der Waals surface area contributed by atoms with Crippen molar-refractivity contribution in [2.45, 2.75) is 38.6 Å². The average molecular weight is 405 g/mol. The third-order valence-corrected chi connectivity index (χ3v) is 6.47. The molecule has 7 heteroatoms. The second-order valence-electron chi connectivity index (χ2n) is 8.36. The lowest BCUT2D eigenvalue weighted by molar-refractivity contribution is -0.605. The zero-order chi connectivity index (χ0) is 20.6. The summed E-state index contributed by atoms with van der Waals surface area (Å²) in [5.74, 6) is 0.581. The molecule has 1 aromatic rings. The molecular weight excluding hydrogens is 368 g/mol. The van der Waals surface area contributed by atoms with Crippen molar-refractivity contribution in [3.63, 3.8) is 0 Å². The van der Waals surface area contributed by atoms with Crippen LogP contribution in [0.4, 0.5) is 0 Å². The molecule has 3 rings (SSSR count). The second-order valence-corrected chi connectivity index (χ2v) is 8.36. The smallest absolute Gasteiger partial charge is 0.254 e. The summed E-state index contributed by atoms with van der Waals surface area (Å²) >= 11 is 0. The van der Waals surface area contributed by atoms with Crippen LogP contribution in [-0.4, -0.2) is 86.2 Å². The molecule has 0 spiro atoms. The van der Waals surface area contributed by atoms with Crippen molar-refractivity contribution < 1.29 is 14.3 Å². The van der Waals surface area contributed by atoms with Gasteiger partial charge in [0.15, 0.2) is 12.4 Å². The highest BCUT2D eigenvalue weighted by atomic mass is 16.5. The highest BCUT2D eigenvalue weighted by Crippen LogP contribution is 2.23. The predicted molar refractivity (Wildman–Crippen MR) is 113 cm³/mol. The molecule has 2 fully saturated rings. The molecular formula is C22H36N4O3. The number of likely N-dealkylation sites (tertiary alicyclic amines) is 2. The first-order chi connectivity index (χ1) is 14.1. The SMILES string of the molecule is CCN1CCCC1CN(CC1CCN(CCOC)CC1)C(=O)c1cc[n+]([O-])cc1. The van der Waals surface area contributed by atoms with Gasteiger partial charge in [0.2, 0.25) is 0 Å². The maximum Gasteiger partial charge on any atom is 0.254 e. The van der Waals surface area contributed by atoms with Crippen LogP contribution in [0.1, 0.15) is 43.0 Å². The number of amides is 1. The number of hydrogen-bond donors (Lipinski definition) is 0. The fraction of sp³-hybridized carbons (Fsp3) is 0.727. The van der Waals surface area contributed by atoms with Crippen LogP contribution in [-0.2, 0) is 4.74 Å². The Balaban J connectivity index is 1.64. The Bertz CT molecular complexity index is 631. The standard InChI is InChI=1S/C22H36N4O3/c1-3-24-10-4-5-21(24)18-25(22(27)20-8-13-26(28)14-9-20)17-19-6-11-23(12-7-19)15-16-29-2/h8-9,13-14,19,21H,3-7,10-12,15-18H2,1-2H3. The number of carbonyl (C=O) groups excluding carboxylic acids is 1. The Kier molecular flexibility index (Phi) is 8.27. The second kappa shape index (κ2) is 10.9. The molecule has 0 aromatic carbocycles. The minimum Gasteiger partial charge on any atom is -0.619 e. The summed E-state index contributed by atoms with van der Waals surface area (Å²) in [5, 5.41) is 11.4. The van der Waals surface area contributed by atoms with Gasteiger partial charge in [-0.1, -0.05) is 6.92 Å². The summed E-state index contributed by atoms with van der Waals surface area (Å²) in [6.07, 6.45) is 7.42. The van der Waals surface area contributed by atoms with E-state index in [1.807, 2.05) is 0 Å². The molecule has 2 saturated heterocycles. The van der Waals surface area contributed by atoms with Crippen LogP contribution >= 0.6 is 0 Å². The predicted octanol–water partition coefficient (Wildman–Crippen LogP) is 1.60. The molecule has 0 bridgehead atoms. The van der Waals surface area contributed by atoms with E-state index in [2.05, 4.69) is 21.6 Å². The summed E-state index contributed by atoms with van der Waals surface area (Å²) in [4.78, 5) is 20.3. The largest absolute Gasteiger partial charge is 0.619 e. The fourth-order valence-electron chi connectivity index (χ4n) is 4.68. The average Bonchev–Trinajstić information content (AvgIpc) is 3.20. The van der Waals surface area contributed by atoms with Gasteiger partial charge in [-0.25, -0.2) is 0 Å². The maximum absolute atomic E-state index is 13.3. The number of likely N-dealkylation sites (N-methyl/N-ethyl adjacent to an activating group) is 1. The Hall–Kier alpha value is -1.70. The van der Waals surface area contributed by atoms with E-state index < -0.39 is 0 Å². The van der Waals surface area contributed by atoms with Crippen molar-refractivity contribution in [1.82, 2.24) is 14.7 Å². The quantitative estimate of drug-likeness (QED) is 0.462. The lowest BCUT2D eigenvalue weighted by atomic mass is 9.95. The van der Waals surface area contributed by atoms with Crippen molar-refractivity contribution in [3.05, 3.63) is 35.3 Å². The number of pyridine rings is 1. The van der Waals surface area contributed by atoms with Crippen LogP contribution in [0, 0.1) is 11.1 Å². The van der Waals surface area contributed by atoms with E-state index in [9.17, 15) is 10.0 Å². The lowest BCUT2D eigenvalue weighted by Gasteiger charge is -2.36. The summed E-state index contributed by atoms with van der Waals surface area (Å²) < 4.78 is 5.93. The molecule has 3 heterocycles. The third-order valence-electron chi connectivity index (χ3n) is 6.47. The highest BCUT2D eigenvalue weighted by molar-refractivity contribution is 5.94. The molecule has 0 saturated carbocycles. The van der Waals surface area contributed by atoms with E-state index in [1.54, 1.807) is 19.2 Å². The molecule has 1 atom stereocenters. The number of ether oxygens (including phenoxy) is 1. The van der Waals surface area contributed by atoms with Crippen LogP contribution in [0.25, 0.3) is 0 Å². The van der Waals surface area contributed by atoms with Crippen molar-refractivity contribution in [2.24, 2.45) is 5.92 Å². The molecule has 7 nitrogen and oxygen atoms in total. The molecule has 0 N–H and O–H groups in total. The summed E-state index contributed by atoms with van der Waals surface area (Å²) in [6, 6.07) is 3.73. The number of hydrogen-bond acceptors (Lipinski definition) is 5. The molecule has 2 aliphatic heterocycles. The Morgan fingerprint density at radius 1 is 1.21 bits per heavy atom. The fourth-order valence-corrected chi connectivity index (χ4v) is 4.68. The first kappa shape index (κ1) is 22.0. The van der Waals surface area contributed by atoms with Gasteiger partial charge in [0, 0.05) is 44.9 Å². The van der Waals surface area contributed by atoms with Crippen molar-refractivity contribution >= 4 is 5.91 Å². The molecule has 0 aliphatic carbocycles. The van der Waals surface area contributed by atoms with Gasteiger partial charge in [0.1, 0.15) is 0 Å². The van der Waals surface area contributed by atoms with Crippen LogP contribution in [0.3, 0.4) is 0 Å². The maximum atomic E-state index is 13.3. The number of piperidine rings is 1. The molecule has 1 aromatic heterocycles. The Morgan fingerprint density at radius 2 is 1.93 bits per heavy atom. The topological polar surface area (TPSA) is 63.0 Å². The first-order valence-corrected chi connectivity index (χ1v) is 11.0. The summed E-state index contributed by atoms with van der Waals surface area (Å²) in [6.45, 7) is 9.85. The van der Waals surface area contributed by atoms with Gasteiger partial charge in [0.05, 0.1) is 12.2 Å². The van der Waals surface area contributed by atoms with Gasteiger partial charge in [0.25, 0.3) is 5.91 Å². The number of nitrogens with zero attached hydrogens (tertiary/aromatic N) is 4. The monoisotopic (exact) mass is 404 g/mol. The Labute approximate surface area is 174 Å². The molecule has 162 valence electrons. The normalized spacial score (nSPS) is 21.5. The summed E-state index contributed by atoms with van der Waals surface area (Å²) in [7, 11) is 1.75. The van der Waals surface area contributed by atoms with Crippen LogP contribution in [0.2, 0.25) is 0 Å². The van der Waals surface area contributed by atoms with Crippen LogP contribution in [0.15, 0.2) is 24.5 Å². The number of aromatic nitrogens is 1. The summed E-state index contributed by atoms with van der Waals surface area (Å²) in [5.41, 5.74) is 0.607. The van der Waals surface area contributed by atoms with Crippen LogP contribution in [0.5, 0.6) is 0 Å². The van der Waals surface area contributed by atoms with Gasteiger partial charge in [-0.15, -0.1) is 0 Å².